The summed E-state index contributed by atoms with van der Waals surface area (Å²) in [7, 11) is 4.04. The zero-order valence-corrected chi connectivity index (χ0v) is 15.3. The Morgan fingerprint density at radius 1 is 1.00 bits per heavy atom. The maximum atomic E-state index is 12.9. The highest BCUT2D eigenvalue weighted by Crippen LogP contribution is 2.27. The fourth-order valence-electron chi connectivity index (χ4n) is 3.05. The predicted octanol–water partition coefficient (Wildman–Crippen LogP) is 2.39. The van der Waals surface area contributed by atoms with Crippen LogP contribution in [0.3, 0.4) is 0 Å². The molecule has 0 atom stereocenters. The molecule has 1 fully saturated rings. The molecule has 1 saturated heterocycles. The minimum Gasteiger partial charge on any atom is -0.406 e. The molecule has 2 heterocycles. The summed E-state index contributed by atoms with van der Waals surface area (Å²) in [5.41, 5.74) is 0.789. The first-order chi connectivity index (χ1) is 12.7. The zero-order valence-electron chi connectivity index (χ0n) is 15.3. The number of aromatic amines is 1. The van der Waals surface area contributed by atoms with Crippen LogP contribution in [-0.2, 0) is 0 Å². The molecule has 27 heavy (non-hydrogen) atoms. The van der Waals surface area contributed by atoms with Crippen LogP contribution in [0.25, 0.3) is 10.9 Å². The van der Waals surface area contributed by atoms with E-state index in [-0.39, 0.29) is 11.7 Å². The van der Waals surface area contributed by atoms with Gasteiger partial charge in [-0.3, -0.25) is 4.79 Å². The second kappa shape index (κ2) is 7.77. The molecule has 0 bridgehead atoms. The van der Waals surface area contributed by atoms with Gasteiger partial charge < -0.3 is 24.4 Å². The summed E-state index contributed by atoms with van der Waals surface area (Å²) in [5.74, 6) is -0.477. The van der Waals surface area contributed by atoms with Crippen LogP contribution in [0.2, 0.25) is 0 Å². The second-order valence-corrected chi connectivity index (χ2v) is 6.88. The highest BCUT2D eigenvalue weighted by atomic mass is 19.4. The molecule has 1 N–H and O–H groups in total. The molecule has 148 valence electrons. The number of rotatable bonds is 2. The number of amides is 1. The van der Waals surface area contributed by atoms with Gasteiger partial charge in [0.15, 0.2) is 0 Å². The summed E-state index contributed by atoms with van der Waals surface area (Å²) in [6.45, 7) is 4.61. The van der Waals surface area contributed by atoms with Crippen molar-refractivity contribution in [3.63, 3.8) is 0 Å². The van der Waals surface area contributed by atoms with E-state index in [1.807, 2.05) is 14.1 Å². The SMILES string of the molecule is CN1CCN(C)CCN(C(=O)c2cc3ccc(OC(F)(F)F)cc3[nH]2)CC1. The smallest absolute Gasteiger partial charge is 0.406 e. The maximum Gasteiger partial charge on any atom is 0.573 e. The van der Waals surface area contributed by atoms with E-state index in [1.54, 1.807) is 11.0 Å². The Balaban J connectivity index is 1.79. The third-order valence-corrected chi connectivity index (χ3v) is 4.71. The molecule has 9 heteroatoms. The number of H-pyrrole nitrogens is 1. The van der Waals surface area contributed by atoms with Crippen LogP contribution in [0.1, 0.15) is 10.5 Å². The van der Waals surface area contributed by atoms with Gasteiger partial charge in [-0.15, -0.1) is 13.2 Å². The van der Waals surface area contributed by atoms with Gasteiger partial charge in [-0.25, -0.2) is 0 Å². The van der Waals surface area contributed by atoms with E-state index in [0.717, 1.165) is 26.2 Å². The van der Waals surface area contributed by atoms with Gasteiger partial charge in [-0.05, 0) is 32.3 Å². The average Bonchev–Trinajstić information content (AvgIpc) is 3.03. The monoisotopic (exact) mass is 384 g/mol. The predicted molar refractivity (Wildman–Crippen MR) is 95.9 cm³/mol. The zero-order chi connectivity index (χ0) is 19.6. The Labute approximate surface area is 155 Å². The molecular weight excluding hydrogens is 361 g/mol. The molecule has 1 aliphatic rings. The summed E-state index contributed by atoms with van der Waals surface area (Å²) in [6, 6.07) is 5.65. The van der Waals surface area contributed by atoms with Crippen molar-refractivity contribution in [2.24, 2.45) is 0 Å². The minimum absolute atomic E-state index is 0.159. The number of aromatic nitrogens is 1. The summed E-state index contributed by atoms with van der Waals surface area (Å²) in [6.07, 6.45) is -4.75. The Kier molecular flexibility index (Phi) is 5.61. The van der Waals surface area contributed by atoms with Crippen molar-refractivity contribution in [1.82, 2.24) is 19.7 Å². The summed E-state index contributed by atoms with van der Waals surface area (Å²) in [5, 5.41) is 0.659. The number of benzene rings is 1. The second-order valence-electron chi connectivity index (χ2n) is 6.88. The highest BCUT2D eigenvalue weighted by Gasteiger charge is 2.31. The van der Waals surface area contributed by atoms with Crippen LogP contribution in [0.4, 0.5) is 13.2 Å². The lowest BCUT2D eigenvalue weighted by molar-refractivity contribution is -0.274. The lowest BCUT2D eigenvalue weighted by Crippen LogP contribution is -2.39. The van der Waals surface area contributed by atoms with Crippen LogP contribution in [0.15, 0.2) is 24.3 Å². The molecular formula is C18H23F3N4O2. The normalized spacial score (nSPS) is 18.2. The number of hydrogen-bond acceptors (Lipinski definition) is 4. The van der Waals surface area contributed by atoms with Crippen LogP contribution in [0, 0.1) is 0 Å². The molecule has 0 saturated carbocycles. The maximum absolute atomic E-state index is 12.9. The van der Waals surface area contributed by atoms with E-state index in [4.69, 9.17) is 0 Å². The summed E-state index contributed by atoms with van der Waals surface area (Å²) < 4.78 is 41.1. The topological polar surface area (TPSA) is 51.8 Å². The number of ether oxygens (including phenoxy) is 1. The van der Waals surface area contributed by atoms with Crippen molar-refractivity contribution in [1.29, 1.82) is 0 Å². The fraction of sp³-hybridized carbons (Fsp3) is 0.500. The number of carbonyl (C=O) groups excluding carboxylic acids is 1. The fourth-order valence-corrected chi connectivity index (χ4v) is 3.05. The minimum atomic E-state index is -4.75. The van der Waals surface area contributed by atoms with Crippen LogP contribution >= 0.6 is 0 Å². The van der Waals surface area contributed by atoms with Crippen LogP contribution in [0.5, 0.6) is 5.75 Å². The Bertz CT molecular complexity index is 791. The number of fused-ring (bicyclic) bond motifs is 1. The van der Waals surface area contributed by atoms with Crippen LogP contribution in [-0.4, -0.2) is 85.3 Å². The van der Waals surface area contributed by atoms with Gasteiger partial charge >= 0.3 is 6.36 Å². The van der Waals surface area contributed by atoms with Gasteiger partial charge in [-0.2, -0.15) is 0 Å². The molecule has 1 aliphatic heterocycles. The third kappa shape index (κ3) is 5.14. The molecule has 2 aromatic rings. The first-order valence-electron chi connectivity index (χ1n) is 8.76. The van der Waals surface area contributed by atoms with Gasteiger partial charge in [0.05, 0.1) is 0 Å². The molecule has 0 aliphatic carbocycles. The van der Waals surface area contributed by atoms with Gasteiger partial charge in [0, 0.05) is 56.2 Å². The van der Waals surface area contributed by atoms with Crippen LogP contribution < -0.4 is 4.74 Å². The number of likely N-dealkylation sites (N-methyl/N-ethyl adjacent to an activating group) is 2. The van der Waals surface area contributed by atoms with Crippen molar-refractivity contribution in [3.05, 3.63) is 30.0 Å². The molecule has 1 aromatic heterocycles. The van der Waals surface area contributed by atoms with Gasteiger partial charge in [0.1, 0.15) is 11.4 Å². The van der Waals surface area contributed by atoms with Gasteiger partial charge in [0.25, 0.3) is 5.91 Å². The lowest BCUT2D eigenvalue weighted by atomic mass is 10.2. The Morgan fingerprint density at radius 3 is 2.19 bits per heavy atom. The van der Waals surface area contributed by atoms with Crippen molar-refractivity contribution in [2.75, 3.05) is 53.4 Å². The standard InChI is InChI=1S/C18H23F3N4O2/c1-23-5-6-24(2)8-10-25(9-7-23)17(26)16-11-13-3-4-14(12-15(13)22-16)27-18(19,20)21/h3-4,11-12,22H,5-10H2,1-2H3. The summed E-state index contributed by atoms with van der Waals surface area (Å²) >= 11 is 0. The number of nitrogens with one attached hydrogen (secondary N) is 1. The quantitative estimate of drug-likeness (QED) is 0.864. The Hall–Kier alpha value is -2.26. The molecule has 1 amide bonds. The van der Waals surface area contributed by atoms with E-state index in [2.05, 4.69) is 19.5 Å². The molecule has 1 aromatic carbocycles. The molecule has 0 spiro atoms. The number of hydrogen-bond donors (Lipinski definition) is 1. The first-order valence-corrected chi connectivity index (χ1v) is 8.76. The first kappa shape index (κ1) is 19.5. The van der Waals surface area contributed by atoms with Crippen molar-refractivity contribution < 1.29 is 22.7 Å². The molecule has 3 rings (SSSR count). The number of halogens is 3. The number of nitrogens with zero attached hydrogens (tertiary/aromatic N) is 3. The molecule has 0 radical (unpaired) electrons. The summed E-state index contributed by atoms with van der Waals surface area (Å²) in [4.78, 5) is 22.0. The van der Waals surface area contributed by atoms with E-state index in [0.29, 0.717) is 29.7 Å². The van der Waals surface area contributed by atoms with Gasteiger partial charge in [-0.1, -0.05) is 0 Å². The van der Waals surface area contributed by atoms with Gasteiger partial charge in [0.2, 0.25) is 0 Å². The molecule has 0 unspecified atom stereocenters. The highest BCUT2D eigenvalue weighted by molar-refractivity contribution is 5.98. The van der Waals surface area contributed by atoms with E-state index in [1.165, 1.54) is 18.2 Å². The van der Waals surface area contributed by atoms with E-state index >= 15 is 0 Å². The van der Waals surface area contributed by atoms with Crippen molar-refractivity contribution in [3.8, 4) is 5.75 Å². The largest absolute Gasteiger partial charge is 0.573 e. The number of carbonyl (C=O) groups is 1. The number of alkyl halides is 3. The average molecular weight is 384 g/mol. The van der Waals surface area contributed by atoms with E-state index < -0.39 is 6.36 Å². The van der Waals surface area contributed by atoms with E-state index in [9.17, 15) is 18.0 Å². The third-order valence-electron chi connectivity index (χ3n) is 4.71. The Morgan fingerprint density at radius 2 is 1.59 bits per heavy atom. The molecule has 6 nitrogen and oxygen atoms in total. The van der Waals surface area contributed by atoms with Crippen molar-refractivity contribution >= 4 is 16.8 Å². The van der Waals surface area contributed by atoms with Crippen molar-refractivity contribution in [2.45, 2.75) is 6.36 Å². The lowest BCUT2D eigenvalue weighted by Gasteiger charge is -2.23.